The van der Waals surface area contributed by atoms with Crippen molar-refractivity contribution in [3.63, 3.8) is 0 Å². The Bertz CT molecular complexity index is 264. The van der Waals surface area contributed by atoms with E-state index in [0.29, 0.717) is 5.69 Å². The van der Waals surface area contributed by atoms with Crippen LogP contribution in [-0.4, -0.2) is 10.2 Å². The van der Waals surface area contributed by atoms with Crippen LogP contribution in [0.5, 0.6) is 0 Å². The van der Waals surface area contributed by atoms with Crippen molar-refractivity contribution in [3.8, 4) is 0 Å². The smallest absolute Gasteiger partial charge is 0.187 e. The number of ketones is 1. The molecule has 1 rings (SSSR count). The summed E-state index contributed by atoms with van der Waals surface area (Å²) in [6.07, 6.45) is 0.851. The van der Waals surface area contributed by atoms with Gasteiger partial charge in [0.25, 0.3) is 0 Å². The second-order valence-electron chi connectivity index (χ2n) is 3.45. The Balaban J connectivity index is 2.86. The van der Waals surface area contributed by atoms with Gasteiger partial charge in [0.15, 0.2) is 5.78 Å². The molecule has 12 heavy (non-hydrogen) atoms. The topological polar surface area (TPSA) is 30.0 Å². The van der Waals surface area contributed by atoms with E-state index in [9.17, 15) is 4.79 Å². The molecule has 0 saturated carbocycles. The standard InChI is InChI=1S/C9H13NOS/c1-4-9(2,3)8(11)7-5-6-12-10-7/h5-6H,4H2,1-3H3. The van der Waals surface area contributed by atoms with Crippen LogP contribution < -0.4 is 0 Å². The molecule has 0 atom stereocenters. The van der Waals surface area contributed by atoms with Crippen LogP contribution in [0.3, 0.4) is 0 Å². The molecule has 0 bridgehead atoms. The van der Waals surface area contributed by atoms with Crippen molar-refractivity contribution in [1.82, 2.24) is 4.37 Å². The van der Waals surface area contributed by atoms with Gasteiger partial charge in [0, 0.05) is 10.8 Å². The number of nitrogens with zero attached hydrogens (tertiary/aromatic N) is 1. The maximum atomic E-state index is 11.7. The summed E-state index contributed by atoms with van der Waals surface area (Å²) in [5.74, 6) is 0.145. The molecule has 1 aromatic heterocycles. The quantitative estimate of drug-likeness (QED) is 0.674. The Kier molecular flexibility index (Phi) is 2.62. The highest BCUT2D eigenvalue weighted by atomic mass is 32.1. The van der Waals surface area contributed by atoms with Crippen molar-refractivity contribution in [2.75, 3.05) is 0 Å². The molecule has 0 aliphatic carbocycles. The van der Waals surface area contributed by atoms with Gasteiger partial charge in [0.2, 0.25) is 0 Å². The number of rotatable bonds is 3. The third kappa shape index (κ3) is 1.72. The molecule has 1 aromatic rings. The molecule has 1 heterocycles. The Morgan fingerprint density at radius 2 is 2.33 bits per heavy atom. The van der Waals surface area contributed by atoms with E-state index >= 15 is 0 Å². The van der Waals surface area contributed by atoms with Gasteiger partial charge in [-0.1, -0.05) is 20.8 Å². The Morgan fingerprint density at radius 1 is 1.67 bits per heavy atom. The lowest BCUT2D eigenvalue weighted by Crippen LogP contribution is -2.23. The van der Waals surface area contributed by atoms with Crippen molar-refractivity contribution >= 4 is 17.3 Å². The first-order valence-electron chi connectivity index (χ1n) is 4.03. The highest BCUT2D eigenvalue weighted by Gasteiger charge is 2.27. The molecule has 0 aliphatic rings. The predicted octanol–water partition coefficient (Wildman–Crippen LogP) is 2.76. The minimum absolute atomic E-state index is 0.145. The fourth-order valence-electron chi connectivity index (χ4n) is 0.837. The number of carbonyl (C=O) groups is 1. The van der Waals surface area contributed by atoms with Crippen LogP contribution in [0.2, 0.25) is 0 Å². The summed E-state index contributed by atoms with van der Waals surface area (Å²) in [5, 5.41) is 1.83. The lowest BCUT2D eigenvalue weighted by molar-refractivity contribution is 0.0828. The van der Waals surface area contributed by atoms with E-state index in [1.165, 1.54) is 11.5 Å². The van der Waals surface area contributed by atoms with E-state index in [1.54, 1.807) is 6.07 Å². The molecule has 0 radical (unpaired) electrons. The SMILES string of the molecule is CCC(C)(C)C(=O)c1ccsn1. The van der Waals surface area contributed by atoms with Gasteiger partial charge in [-0.15, -0.1) is 0 Å². The zero-order valence-corrected chi connectivity index (χ0v) is 8.44. The molecular formula is C9H13NOS. The van der Waals surface area contributed by atoms with Gasteiger partial charge in [-0.25, -0.2) is 0 Å². The summed E-state index contributed by atoms with van der Waals surface area (Å²) < 4.78 is 4.02. The average Bonchev–Trinajstić information content (AvgIpc) is 2.55. The van der Waals surface area contributed by atoms with Crippen molar-refractivity contribution in [1.29, 1.82) is 0 Å². The molecule has 0 spiro atoms. The normalized spacial score (nSPS) is 11.6. The Labute approximate surface area is 76.8 Å². The van der Waals surface area contributed by atoms with E-state index in [-0.39, 0.29) is 11.2 Å². The highest BCUT2D eigenvalue weighted by molar-refractivity contribution is 7.03. The van der Waals surface area contributed by atoms with Gasteiger partial charge in [-0.3, -0.25) is 4.79 Å². The maximum Gasteiger partial charge on any atom is 0.187 e. The van der Waals surface area contributed by atoms with Gasteiger partial charge in [-0.2, -0.15) is 4.37 Å². The van der Waals surface area contributed by atoms with Crippen molar-refractivity contribution < 1.29 is 4.79 Å². The lowest BCUT2D eigenvalue weighted by Gasteiger charge is -2.18. The van der Waals surface area contributed by atoms with Crippen LogP contribution in [0.1, 0.15) is 37.7 Å². The van der Waals surface area contributed by atoms with Crippen molar-refractivity contribution in [2.24, 2.45) is 5.41 Å². The fraction of sp³-hybridized carbons (Fsp3) is 0.556. The molecule has 0 aliphatic heterocycles. The summed E-state index contributed by atoms with van der Waals surface area (Å²) >= 11 is 1.32. The van der Waals surface area contributed by atoms with E-state index in [4.69, 9.17) is 0 Å². The van der Waals surface area contributed by atoms with Gasteiger partial charge >= 0.3 is 0 Å². The average molecular weight is 183 g/mol. The Hall–Kier alpha value is -0.700. The molecule has 0 fully saturated rings. The molecule has 2 nitrogen and oxygen atoms in total. The zero-order valence-electron chi connectivity index (χ0n) is 7.63. The summed E-state index contributed by atoms with van der Waals surface area (Å²) in [6.45, 7) is 5.92. The number of Topliss-reactive ketones (excluding diaryl/α,β-unsaturated/α-hetero) is 1. The summed E-state index contributed by atoms with van der Waals surface area (Å²) in [6, 6.07) is 1.78. The van der Waals surface area contributed by atoms with E-state index in [2.05, 4.69) is 4.37 Å². The van der Waals surface area contributed by atoms with Crippen LogP contribution in [0.25, 0.3) is 0 Å². The lowest BCUT2D eigenvalue weighted by atomic mass is 9.84. The van der Waals surface area contributed by atoms with E-state index < -0.39 is 0 Å². The predicted molar refractivity (Wildman–Crippen MR) is 50.5 cm³/mol. The third-order valence-electron chi connectivity index (χ3n) is 2.17. The van der Waals surface area contributed by atoms with Gasteiger partial charge < -0.3 is 0 Å². The molecular weight excluding hydrogens is 170 g/mol. The van der Waals surface area contributed by atoms with Gasteiger partial charge in [0.05, 0.1) is 0 Å². The van der Waals surface area contributed by atoms with Gasteiger partial charge in [0.1, 0.15) is 5.69 Å². The molecule has 0 amide bonds. The number of carbonyl (C=O) groups excluding carboxylic acids is 1. The van der Waals surface area contributed by atoms with Crippen LogP contribution >= 0.6 is 11.5 Å². The molecule has 0 unspecified atom stereocenters. The van der Waals surface area contributed by atoms with Crippen molar-refractivity contribution in [2.45, 2.75) is 27.2 Å². The van der Waals surface area contributed by atoms with Crippen LogP contribution in [0.4, 0.5) is 0 Å². The second-order valence-corrected chi connectivity index (χ2v) is 4.12. The number of hydrogen-bond donors (Lipinski definition) is 0. The maximum absolute atomic E-state index is 11.7. The van der Waals surface area contributed by atoms with Gasteiger partial charge in [-0.05, 0) is 24.0 Å². The Morgan fingerprint density at radius 3 is 2.75 bits per heavy atom. The monoisotopic (exact) mass is 183 g/mol. The molecule has 0 saturated heterocycles. The number of hydrogen-bond acceptors (Lipinski definition) is 3. The minimum atomic E-state index is -0.270. The van der Waals surface area contributed by atoms with Crippen LogP contribution in [0.15, 0.2) is 11.4 Å². The highest BCUT2D eigenvalue weighted by Crippen LogP contribution is 2.24. The van der Waals surface area contributed by atoms with Crippen LogP contribution in [-0.2, 0) is 0 Å². The fourth-order valence-corrected chi connectivity index (χ4v) is 1.34. The van der Waals surface area contributed by atoms with Crippen molar-refractivity contribution in [3.05, 3.63) is 17.1 Å². The summed E-state index contributed by atoms with van der Waals surface area (Å²) in [5.41, 5.74) is 0.334. The largest absolute Gasteiger partial charge is 0.292 e. The van der Waals surface area contributed by atoms with E-state index in [1.807, 2.05) is 26.2 Å². The van der Waals surface area contributed by atoms with Crippen LogP contribution in [0, 0.1) is 5.41 Å². The van der Waals surface area contributed by atoms with E-state index in [0.717, 1.165) is 6.42 Å². The minimum Gasteiger partial charge on any atom is -0.292 e. The first kappa shape index (κ1) is 9.39. The summed E-state index contributed by atoms with van der Waals surface area (Å²) in [7, 11) is 0. The molecule has 0 N–H and O–H groups in total. The first-order valence-corrected chi connectivity index (χ1v) is 4.87. The molecule has 3 heteroatoms. The summed E-state index contributed by atoms with van der Waals surface area (Å²) in [4.78, 5) is 11.7. The second kappa shape index (κ2) is 3.35. The molecule has 0 aromatic carbocycles. The number of aromatic nitrogens is 1. The first-order chi connectivity index (χ1) is 5.58. The zero-order chi connectivity index (χ0) is 9.19. The molecule has 66 valence electrons. The third-order valence-corrected chi connectivity index (χ3v) is 2.73.